The van der Waals surface area contributed by atoms with Crippen LogP contribution in [-0.2, 0) is 4.79 Å². The van der Waals surface area contributed by atoms with Crippen LogP contribution < -0.4 is 10.1 Å². The highest BCUT2D eigenvalue weighted by Gasteiger charge is 2.24. The summed E-state index contributed by atoms with van der Waals surface area (Å²) in [7, 11) is 0. The van der Waals surface area contributed by atoms with Crippen LogP contribution in [0.25, 0.3) is 0 Å². The maximum Gasteiger partial charge on any atom is 0.262 e. The van der Waals surface area contributed by atoms with Gasteiger partial charge < -0.3 is 15.0 Å². The maximum absolute atomic E-state index is 12.6. The molecular weight excluding hydrogens is 256 g/mol. The van der Waals surface area contributed by atoms with Crippen LogP contribution in [0.15, 0.2) is 18.2 Å². The normalized spacial score (nSPS) is 13.2. The number of nitrogens with zero attached hydrogens (tertiary/aromatic N) is 1. The Morgan fingerprint density at radius 3 is 2.65 bits per heavy atom. The molecule has 0 radical (unpaired) electrons. The van der Waals surface area contributed by atoms with Crippen LogP contribution in [0.1, 0.15) is 37.0 Å². The van der Waals surface area contributed by atoms with Crippen molar-refractivity contribution in [1.29, 1.82) is 0 Å². The summed E-state index contributed by atoms with van der Waals surface area (Å²) < 4.78 is 5.43. The van der Waals surface area contributed by atoms with Crippen molar-refractivity contribution in [3.63, 3.8) is 0 Å². The predicted octanol–water partition coefficient (Wildman–Crippen LogP) is 2.28. The van der Waals surface area contributed by atoms with E-state index in [0.29, 0.717) is 17.0 Å². The minimum atomic E-state index is -0.193. The number of benzene rings is 1. The van der Waals surface area contributed by atoms with Crippen LogP contribution in [0.3, 0.4) is 0 Å². The molecule has 0 unspecified atom stereocenters. The van der Waals surface area contributed by atoms with Crippen molar-refractivity contribution in [2.24, 2.45) is 0 Å². The van der Waals surface area contributed by atoms with Crippen LogP contribution in [-0.4, -0.2) is 36.4 Å². The zero-order chi connectivity index (χ0) is 14.5. The summed E-state index contributed by atoms with van der Waals surface area (Å²) in [5, 5.41) is 2.72. The van der Waals surface area contributed by atoms with Crippen molar-refractivity contribution in [1.82, 2.24) is 4.90 Å². The average molecular weight is 276 g/mol. The number of nitrogens with one attached hydrogen (secondary N) is 1. The molecular formula is C15H20N2O3. The second-order valence-corrected chi connectivity index (χ2v) is 4.81. The Bertz CT molecular complexity index is 508. The molecule has 2 amide bonds. The molecule has 0 aromatic heterocycles. The number of hydrogen-bond acceptors (Lipinski definition) is 3. The Kier molecular flexibility index (Phi) is 4.61. The molecule has 0 bridgehead atoms. The van der Waals surface area contributed by atoms with Gasteiger partial charge in [0, 0.05) is 13.1 Å². The molecule has 20 heavy (non-hydrogen) atoms. The van der Waals surface area contributed by atoms with Crippen molar-refractivity contribution >= 4 is 17.5 Å². The molecule has 1 aromatic carbocycles. The zero-order valence-corrected chi connectivity index (χ0v) is 11.9. The number of para-hydroxylation sites is 1. The summed E-state index contributed by atoms with van der Waals surface area (Å²) in [5.41, 5.74) is 1.09. The van der Waals surface area contributed by atoms with Crippen molar-refractivity contribution in [2.75, 3.05) is 25.0 Å². The minimum Gasteiger partial charge on any atom is -0.481 e. The van der Waals surface area contributed by atoms with Gasteiger partial charge in [0.25, 0.3) is 11.8 Å². The van der Waals surface area contributed by atoms with Gasteiger partial charge >= 0.3 is 0 Å². The number of amides is 2. The Hall–Kier alpha value is -2.04. The van der Waals surface area contributed by atoms with E-state index in [2.05, 4.69) is 5.32 Å². The molecule has 5 nitrogen and oxygen atoms in total. The molecule has 2 rings (SSSR count). The minimum absolute atomic E-state index is 0.0401. The Morgan fingerprint density at radius 1 is 1.30 bits per heavy atom. The van der Waals surface area contributed by atoms with Crippen molar-refractivity contribution < 1.29 is 14.3 Å². The number of anilines is 1. The van der Waals surface area contributed by atoms with Crippen LogP contribution in [0.4, 0.5) is 5.69 Å². The van der Waals surface area contributed by atoms with E-state index < -0.39 is 0 Å². The molecule has 1 heterocycles. The second-order valence-electron chi connectivity index (χ2n) is 4.81. The van der Waals surface area contributed by atoms with Gasteiger partial charge in [0.1, 0.15) is 0 Å². The number of carbonyl (C=O) groups is 2. The molecule has 1 aromatic rings. The summed E-state index contributed by atoms with van der Waals surface area (Å²) in [6, 6.07) is 5.25. The van der Waals surface area contributed by atoms with Crippen LogP contribution >= 0.6 is 0 Å². The zero-order valence-electron chi connectivity index (χ0n) is 11.9. The molecule has 108 valence electrons. The average Bonchev–Trinajstić information content (AvgIpc) is 2.45. The topological polar surface area (TPSA) is 58.6 Å². The van der Waals surface area contributed by atoms with Gasteiger partial charge in [0.2, 0.25) is 0 Å². The van der Waals surface area contributed by atoms with Gasteiger partial charge in [-0.25, -0.2) is 0 Å². The molecule has 0 fully saturated rings. The molecule has 0 saturated carbocycles. The Labute approximate surface area is 118 Å². The van der Waals surface area contributed by atoms with E-state index in [1.165, 1.54) is 0 Å². The highest BCUT2D eigenvalue weighted by Crippen LogP contribution is 2.32. The third kappa shape index (κ3) is 2.92. The summed E-state index contributed by atoms with van der Waals surface area (Å²) in [6.45, 7) is 5.50. The number of rotatable bonds is 5. The van der Waals surface area contributed by atoms with Crippen LogP contribution in [0.5, 0.6) is 5.75 Å². The largest absolute Gasteiger partial charge is 0.481 e. The van der Waals surface area contributed by atoms with E-state index in [4.69, 9.17) is 4.74 Å². The molecule has 0 spiro atoms. The van der Waals surface area contributed by atoms with Crippen molar-refractivity contribution in [3.8, 4) is 5.75 Å². The lowest BCUT2D eigenvalue weighted by Crippen LogP contribution is -2.34. The summed E-state index contributed by atoms with van der Waals surface area (Å²) in [4.78, 5) is 25.8. The molecule has 1 aliphatic rings. The van der Waals surface area contributed by atoms with Crippen molar-refractivity contribution in [3.05, 3.63) is 23.8 Å². The number of hydrogen-bond donors (Lipinski definition) is 1. The lowest BCUT2D eigenvalue weighted by molar-refractivity contribution is -0.118. The first-order valence-electron chi connectivity index (χ1n) is 7.02. The Morgan fingerprint density at radius 2 is 2.00 bits per heavy atom. The van der Waals surface area contributed by atoms with Gasteiger partial charge in [-0.1, -0.05) is 19.9 Å². The molecule has 1 aliphatic heterocycles. The predicted molar refractivity (Wildman–Crippen MR) is 77.1 cm³/mol. The summed E-state index contributed by atoms with van der Waals surface area (Å²) in [5.74, 6) is 0.247. The molecule has 0 saturated heterocycles. The monoisotopic (exact) mass is 276 g/mol. The standard InChI is InChI=1S/C15H20N2O3/c1-3-8-17(9-4-2)15(19)11-6-5-7-12-14(11)20-10-13(18)16-12/h5-7H,3-4,8-10H2,1-2H3,(H,16,18). The van der Waals surface area contributed by atoms with E-state index in [-0.39, 0.29) is 18.4 Å². The van der Waals surface area contributed by atoms with E-state index in [9.17, 15) is 9.59 Å². The second kappa shape index (κ2) is 6.41. The van der Waals surface area contributed by atoms with Gasteiger partial charge in [-0.2, -0.15) is 0 Å². The lowest BCUT2D eigenvalue weighted by atomic mass is 10.1. The van der Waals surface area contributed by atoms with Gasteiger partial charge in [0.15, 0.2) is 12.4 Å². The van der Waals surface area contributed by atoms with E-state index >= 15 is 0 Å². The number of fused-ring (bicyclic) bond motifs is 1. The fourth-order valence-corrected chi connectivity index (χ4v) is 2.31. The molecule has 0 aliphatic carbocycles. The maximum atomic E-state index is 12.6. The van der Waals surface area contributed by atoms with E-state index in [1.807, 2.05) is 18.7 Å². The first-order chi connectivity index (χ1) is 9.67. The number of carbonyl (C=O) groups excluding carboxylic acids is 2. The van der Waals surface area contributed by atoms with Gasteiger partial charge in [0.05, 0.1) is 11.3 Å². The highest BCUT2D eigenvalue weighted by molar-refractivity contribution is 6.03. The van der Waals surface area contributed by atoms with Crippen LogP contribution in [0.2, 0.25) is 0 Å². The van der Waals surface area contributed by atoms with Gasteiger partial charge in [-0.3, -0.25) is 9.59 Å². The first kappa shape index (κ1) is 14.4. The summed E-state index contributed by atoms with van der Waals surface area (Å²) >= 11 is 0. The third-order valence-corrected chi connectivity index (χ3v) is 3.14. The smallest absolute Gasteiger partial charge is 0.262 e. The van der Waals surface area contributed by atoms with Gasteiger partial charge in [-0.05, 0) is 25.0 Å². The Balaban J connectivity index is 2.30. The van der Waals surface area contributed by atoms with E-state index in [1.54, 1.807) is 18.2 Å². The fraction of sp³-hybridized carbons (Fsp3) is 0.467. The van der Waals surface area contributed by atoms with Crippen LogP contribution in [0, 0.1) is 0 Å². The first-order valence-corrected chi connectivity index (χ1v) is 7.02. The van der Waals surface area contributed by atoms with Gasteiger partial charge in [-0.15, -0.1) is 0 Å². The van der Waals surface area contributed by atoms with Crippen molar-refractivity contribution in [2.45, 2.75) is 26.7 Å². The summed E-state index contributed by atoms with van der Waals surface area (Å²) in [6.07, 6.45) is 1.83. The quantitative estimate of drug-likeness (QED) is 0.897. The highest BCUT2D eigenvalue weighted by atomic mass is 16.5. The third-order valence-electron chi connectivity index (χ3n) is 3.14. The molecule has 0 atom stereocenters. The van der Waals surface area contributed by atoms with E-state index in [0.717, 1.165) is 25.9 Å². The SMILES string of the molecule is CCCN(CCC)C(=O)c1cccc2c1OCC(=O)N2. The lowest BCUT2D eigenvalue weighted by Gasteiger charge is -2.25. The molecule has 5 heteroatoms. The fourth-order valence-electron chi connectivity index (χ4n) is 2.31. The molecule has 1 N–H and O–H groups in total. The number of ether oxygens (including phenoxy) is 1.